The topological polar surface area (TPSA) is 49.9 Å². The van der Waals surface area contributed by atoms with Crippen LogP contribution in [0.3, 0.4) is 0 Å². The van der Waals surface area contributed by atoms with E-state index in [4.69, 9.17) is 0 Å². The van der Waals surface area contributed by atoms with E-state index in [9.17, 15) is 9.59 Å². The van der Waals surface area contributed by atoms with Crippen LogP contribution in [0.4, 0.5) is 0 Å². The maximum atomic E-state index is 12.3. The summed E-state index contributed by atoms with van der Waals surface area (Å²) in [6.07, 6.45) is 2.39. The number of methoxy groups -OCH3 is 1. The fourth-order valence-corrected chi connectivity index (χ4v) is 2.87. The largest absolute Gasteiger partial charge is 0.465 e. The second kappa shape index (κ2) is 8.67. The van der Waals surface area contributed by atoms with Crippen molar-refractivity contribution in [3.8, 4) is 0 Å². The van der Waals surface area contributed by atoms with Gasteiger partial charge in [0.2, 0.25) is 5.91 Å². The molecular formula is C18H26N2O3. The van der Waals surface area contributed by atoms with Crippen molar-refractivity contribution in [2.24, 2.45) is 0 Å². The van der Waals surface area contributed by atoms with Gasteiger partial charge in [0, 0.05) is 32.6 Å². The lowest BCUT2D eigenvalue weighted by Crippen LogP contribution is -2.48. The Balaban J connectivity index is 1.77. The number of hydrogen-bond donors (Lipinski definition) is 0. The zero-order valence-electron chi connectivity index (χ0n) is 14.1. The highest BCUT2D eigenvalue weighted by Gasteiger charge is 2.20. The highest BCUT2D eigenvalue weighted by molar-refractivity contribution is 5.89. The van der Waals surface area contributed by atoms with Crippen LogP contribution in [0.25, 0.3) is 0 Å². The first-order valence-electron chi connectivity index (χ1n) is 8.31. The highest BCUT2D eigenvalue weighted by Crippen LogP contribution is 2.10. The van der Waals surface area contributed by atoms with Gasteiger partial charge in [0.15, 0.2) is 0 Å². The molecule has 5 heteroatoms. The minimum atomic E-state index is -0.336. The smallest absolute Gasteiger partial charge is 0.337 e. The third kappa shape index (κ3) is 5.06. The summed E-state index contributed by atoms with van der Waals surface area (Å²) in [6, 6.07) is 7.27. The predicted molar refractivity (Wildman–Crippen MR) is 89.4 cm³/mol. The van der Waals surface area contributed by atoms with E-state index in [1.54, 1.807) is 12.1 Å². The molecule has 0 aliphatic carbocycles. The predicted octanol–water partition coefficient (Wildman–Crippen LogP) is 1.96. The average molecular weight is 318 g/mol. The summed E-state index contributed by atoms with van der Waals surface area (Å²) in [5.74, 6) is -0.115. The van der Waals surface area contributed by atoms with E-state index in [0.29, 0.717) is 18.4 Å². The van der Waals surface area contributed by atoms with Crippen molar-refractivity contribution in [2.75, 3.05) is 39.8 Å². The standard InChI is InChI=1S/C18H26N2O3/c1-3-10-19-11-13-20(14-12-19)17(21)9-6-15-4-7-16(8-5-15)18(22)23-2/h4-5,7-8H,3,6,9-14H2,1-2H3. The van der Waals surface area contributed by atoms with Gasteiger partial charge < -0.3 is 9.64 Å². The third-order valence-electron chi connectivity index (χ3n) is 4.27. The van der Waals surface area contributed by atoms with E-state index in [1.807, 2.05) is 17.0 Å². The third-order valence-corrected chi connectivity index (χ3v) is 4.27. The van der Waals surface area contributed by atoms with E-state index < -0.39 is 0 Å². The van der Waals surface area contributed by atoms with Crippen molar-refractivity contribution in [2.45, 2.75) is 26.2 Å². The number of hydrogen-bond acceptors (Lipinski definition) is 4. The lowest BCUT2D eigenvalue weighted by atomic mass is 10.1. The van der Waals surface area contributed by atoms with Crippen LogP contribution in [0.1, 0.15) is 35.7 Å². The molecule has 0 radical (unpaired) electrons. The summed E-state index contributed by atoms with van der Waals surface area (Å²) < 4.78 is 4.68. The van der Waals surface area contributed by atoms with Gasteiger partial charge in [-0.25, -0.2) is 4.79 Å². The molecule has 1 heterocycles. The number of carbonyl (C=O) groups excluding carboxylic acids is 2. The maximum absolute atomic E-state index is 12.3. The number of ether oxygens (including phenoxy) is 1. The van der Waals surface area contributed by atoms with Crippen LogP contribution in [0.2, 0.25) is 0 Å². The van der Waals surface area contributed by atoms with E-state index in [2.05, 4.69) is 16.6 Å². The molecular weight excluding hydrogens is 292 g/mol. The van der Waals surface area contributed by atoms with Gasteiger partial charge in [-0.3, -0.25) is 9.69 Å². The Morgan fingerprint density at radius 1 is 1.09 bits per heavy atom. The van der Waals surface area contributed by atoms with Crippen LogP contribution in [-0.2, 0) is 16.0 Å². The zero-order chi connectivity index (χ0) is 16.7. The molecule has 1 fully saturated rings. The Hall–Kier alpha value is -1.88. The molecule has 0 spiro atoms. The number of esters is 1. The lowest BCUT2D eigenvalue weighted by Gasteiger charge is -2.34. The summed E-state index contributed by atoms with van der Waals surface area (Å²) in [5.41, 5.74) is 1.60. The minimum absolute atomic E-state index is 0.221. The van der Waals surface area contributed by atoms with Gasteiger partial charge in [-0.1, -0.05) is 19.1 Å². The molecule has 5 nitrogen and oxygen atoms in total. The summed E-state index contributed by atoms with van der Waals surface area (Å²) in [6.45, 7) is 6.93. The molecule has 0 atom stereocenters. The molecule has 0 bridgehead atoms. The average Bonchev–Trinajstić information content (AvgIpc) is 2.60. The van der Waals surface area contributed by atoms with E-state index in [-0.39, 0.29) is 11.9 Å². The summed E-state index contributed by atoms with van der Waals surface area (Å²) in [7, 11) is 1.37. The van der Waals surface area contributed by atoms with Crippen molar-refractivity contribution >= 4 is 11.9 Å². The molecule has 1 saturated heterocycles. The van der Waals surface area contributed by atoms with E-state index >= 15 is 0 Å². The quantitative estimate of drug-likeness (QED) is 0.753. The van der Waals surface area contributed by atoms with Crippen LogP contribution in [0, 0.1) is 0 Å². The first-order chi connectivity index (χ1) is 11.1. The van der Waals surface area contributed by atoms with Gasteiger partial charge in [0.05, 0.1) is 12.7 Å². The van der Waals surface area contributed by atoms with Gasteiger partial charge in [-0.15, -0.1) is 0 Å². The Morgan fingerprint density at radius 3 is 2.30 bits per heavy atom. The van der Waals surface area contributed by atoms with Gasteiger partial charge in [-0.05, 0) is 37.1 Å². The second-order valence-electron chi connectivity index (χ2n) is 5.91. The number of amides is 1. The molecule has 0 N–H and O–H groups in total. The Labute approximate surface area is 138 Å². The number of carbonyl (C=O) groups is 2. The lowest BCUT2D eigenvalue weighted by molar-refractivity contribution is -0.132. The Bertz CT molecular complexity index is 520. The normalized spacial score (nSPS) is 15.5. The minimum Gasteiger partial charge on any atom is -0.465 e. The molecule has 1 aromatic carbocycles. The maximum Gasteiger partial charge on any atom is 0.337 e. The molecule has 1 amide bonds. The van der Waals surface area contributed by atoms with Crippen LogP contribution in [-0.4, -0.2) is 61.5 Å². The molecule has 0 saturated carbocycles. The fraction of sp³-hybridized carbons (Fsp3) is 0.556. The van der Waals surface area contributed by atoms with Gasteiger partial charge in [0.25, 0.3) is 0 Å². The van der Waals surface area contributed by atoms with Crippen molar-refractivity contribution in [1.82, 2.24) is 9.80 Å². The monoisotopic (exact) mass is 318 g/mol. The molecule has 1 aromatic rings. The SMILES string of the molecule is CCCN1CCN(C(=O)CCc2ccc(C(=O)OC)cc2)CC1. The number of benzene rings is 1. The second-order valence-corrected chi connectivity index (χ2v) is 5.91. The van der Waals surface area contributed by atoms with Crippen LogP contribution in [0.15, 0.2) is 24.3 Å². The van der Waals surface area contributed by atoms with Gasteiger partial charge in [-0.2, -0.15) is 0 Å². The van der Waals surface area contributed by atoms with E-state index in [0.717, 1.165) is 44.7 Å². The van der Waals surface area contributed by atoms with Crippen LogP contribution in [0.5, 0.6) is 0 Å². The van der Waals surface area contributed by atoms with Crippen molar-refractivity contribution in [1.29, 1.82) is 0 Å². The molecule has 2 rings (SSSR count). The first kappa shape index (κ1) is 17.5. The molecule has 126 valence electrons. The van der Waals surface area contributed by atoms with Crippen LogP contribution < -0.4 is 0 Å². The zero-order valence-corrected chi connectivity index (χ0v) is 14.1. The molecule has 1 aliphatic heterocycles. The summed E-state index contributed by atoms with van der Waals surface area (Å²) in [5, 5.41) is 0. The fourth-order valence-electron chi connectivity index (χ4n) is 2.87. The number of piperazine rings is 1. The highest BCUT2D eigenvalue weighted by atomic mass is 16.5. The Kier molecular flexibility index (Phi) is 6.59. The Morgan fingerprint density at radius 2 is 1.74 bits per heavy atom. The number of rotatable bonds is 6. The first-order valence-corrected chi connectivity index (χ1v) is 8.31. The number of aryl methyl sites for hydroxylation is 1. The number of nitrogens with zero attached hydrogens (tertiary/aromatic N) is 2. The van der Waals surface area contributed by atoms with Crippen molar-refractivity contribution < 1.29 is 14.3 Å². The van der Waals surface area contributed by atoms with Crippen LogP contribution >= 0.6 is 0 Å². The molecule has 23 heavy (non-hydrogen) atoms. The van der Waals surface area contributed by atoms with Crippen molar-refractivity contribution in [3.63, 3.8) is 0 Å². The van der Waals surface area contributed by atoms with E-state index in [1.165, 1.54) is 7.11 Å². The van der Waals surface area contributed by atoms with Gasteiger partial charge >= 0.3 is 5.97 Å². The molecule has 0 unspecified atom stereocenters. The molecule has 0 aromatic heterocycles. The van der Waals surface area contributed by atoms with Gasteiger partial charge in [0.1, 0.15) is 0 Å². The van der Waals surface area contributed by atoms with Crippen molar-refractivity contribution in [3.05, 3.63) is 35.4 Å². The molecule has 1 aliphatic rings. The summed E-state index contributed by atoms with van der Waals surface area (Å²) >= 11 is 0. The summed E-state index contributed by atoms with van der Waals surface area (Å²) in [4.78, 5) is 28.1.